The van der Waals surface area contributed by atoms with Crippen molar-refractivity contribution in [2.45, 2.75) is 12.1 Å². The highest BCUT2D eigenvalue weighted by Gasteiger charge is 2.01. The summed E-state index contributed by atoms with van der Waals surface area (Å²) in [7, 11) is 0. The molecule has 1 aromatic rings. The summed E-state index contributed by atoms with van der Waals surface area (Å²) < 4.78 is 0. The van der Waals surface area contributed by atoms with Gasteiger partial charge in [0.15, 0.2) is 0 Å². The first-order chi connectivity index (χ1) is 5.18. The molecule has 0 aromatic carbocycles. The summed E-state index contributed by atoms with van der Waals surface area (Å²) in [5.74, 6) is 0.756. The first-order valence-corrected chi connectivity index (χ1v) is 3.97. The van der Waals surface area contributed by atoms with Gasteiger partial charge in [0.1, 0.15) is 5.78 Å². The van der Waals surface area contributed by atoms with Crippen LogP contribution in [0, 0.1) is 0 Å². The van der Waals surface area contributed by atoms with Crippen LogP contribution < -0.4 is 5.73 Å². The van der Waals surface area contributed by atoms with Gasteiger partial charge >= 0.3 is 0 Å². The number of anilines is 1. The zero-order chi connectivity index (χ0) is 8.27. The number of aromatic nitrogens is 3. The lowest BCUT2D eigenvalue weighted by molar-refractivity contribution is -0.114. The van der Waals surface area contributed by atoms with Crippen LogP contribution in [0.3, 0.4) is 0 Å². The van der Waals surface area contributed by atoms with Crippen molar-refractivity contribution in [1.82, 2.24) is 15.2 Å². The van der Waals surface area contributed by atoms with Crippen LogP contribution in [0.25, 0.3) is 0 Å². The first kappa shape index (κ1) is 8.06. The number of hydrogen-bond donors (Lipinski definition) is 2. The van der Waals surface area contributed by atoms with Crippen LogP contribution in [-0.4, -0.2) is 26.7 Å². The van der Waals surface area contributed by atoms with E-state index in [9.17, 15) is 4.79 Å². The minimum atomic E-state index is 0.0957. The number of carbonyl (C=O) groups is 1. The number of thioether (sulfide) groups is 1. The molecule has 5 nitrogen and oxygen atoms in total. The third kappa shape index (κ3) is 2.58. The highest BCUT2D eigenvalue weighted by Crippen LogP contribution is 2.11. The summed E-state index contributed by atoms with van der Waals surface area (Å²) in [4.78, 5) is 14.3. The molecule has 60 valence electrons. The van der Waals surface area contributed by atoms with Gasteiger partial charge in [0.2, 0.25) is 11.1 Å². The van der Waals surface area contributed by atoms with Gasteiger partial charge in [-0.05, 0) is 6.92 Å². The second kappa shape index (κ2) is 3.38. The SMILES string of the molecule is CC(=O)CSc1n[nH]c(N)n1. The Labute approximate surface area is 67.8 Å². The van der Waals surface area contributed by atoms with E-state index in [1.165, 1.54) is 18.7 Å². The summed E-state index contributed by atoms with van der Waals surface area (Å²) >= 11 is 1.27. The molecule has 3 N–H and O–H groups in total. The molecule has 1 heterocycles. The van der Waals surface area contributed by atoms with Crippen molar-refractivity contribution in [3.63, 3.8) is 0 Å². The molecule has 0 aliphatic rings. The van der Waals surface area contributed by atoms with Crippen LogP contribution in [0.5, 0.6) is 0 Å². The molecule has 0 saturated heterocycles. The number of hydrogen-bond acceptors (Lipinski definition) is 5. The van der Waals surface area contributed by atoms with Gasteiger partial charge in [-0.15, -0.1) is 5.10 Å². The molecule has 0 unspecified atom stereocenters. The van der Waals surface area contributed by atoms with E-state index in [4.69, 9.17) is 5.73 Å². The molecule has 11 heavy (non-hydrogen) atoms. The fraction of sp³-hybridized carbons (Fsp3) is 0.400. The van der Waals surface area contributed by atoms with Crippen LogP contribution in [0.4, 0.5) is 5.95 Å². The summed E-state index contributed by atoms with van der Waals surface area (Å²) in [6.07, 6.45) is 0. The zero-order valence-electron chi connectivity index (χ0n) is 6.00. The number of rotatable bonds is 3. The van der Waals surface area contributed by atoms with Gasteiger partial charge in [0, 0.05) is 0 Å². The monoisotopic (exact) mass is 172 g/mol. The smallest absolute Gasteiger partial charge is 0.216 e. The molecule has 0 atom stereocenters. The highest BCUT2D eigenvalue weighted by molar-refractivity contribution is 7.99. The average Bonchev–Trinajstić information content (AvgIpc) is 2.31. The molecule has 6 heteroatoms. The van der Waals surface area contributed by atoms with Crippen molar-refractivity contribution in [2.24, 2.45) is 0 Å². The third-order valence-corrected chi connectivity index (χ3v) is 1.88. The molecule has 0 spiro atoms. The number of H-pyrrole nitrogens is 1. The number of nitrogens with two attached hydrogens (primary N) is 1. The van der Waals surface area contributed by atoms with Crippen molar-refractivity contribution in [2.75, 3.05) is 11.5 Å². The Hall–Kier alpha value is -1.04. The van der Waals surface area contributed by atoms with Crippen molar-refractivity contribution in [3.05, 3.63) is 0 Å². The highest BCUT2D eigenvalue weighted by atomic mass is 32.2. The van der Waals surface area contributed by atoms with Gasteiger partial charge in [-0.2, -0.15) is 4.98 Å². The molecular weight excluding hydrogens is 164 g/mol. The van der Waals surface area contributed by atoms with E-state index in [2.05, 4.69) is 15.2 Å². The minimum absolute atomic E-state index is 0.0957. The summed E-state index contributed by atoms with van der Waals surface area (Å²) in [5, 5.41) is 6.73. The Morgan fingerprint density at radius 3 is 3.00 bits per heavy atom. The lowest BCUT2D eigenvalue weighted by Crippen LogP contribution is -1.93. The number of ketones is 1. The van der Waals surface area contributed by atoms with Crippen molar-refractivity contribution < 1.29 is 4.79 Å². The first-order valence-electron chi connectivity index (χ1n) is 2.98. The molecule has 0 saturated carbocycles. The van der Waals surface area contributed by atoms with Crippen molar-refractivity contribution in [3.8, 4) is 0 Å². The Morgan fingerprint density at radius 1 is 1.82 bits per heavy atom. The standard InChI is InChI=1S/C5H8N4OS/c1-3(10)2-11-5-7-4(6)8-9-5/h2H2,1H3,(H3,6,7,8,9). The third-order valence-electron chi connectivity index (χ3n) is 0.887. The second-order valence-electron chi connectivity index (χ2n) is 1.99. The molecule has 0 amide bonds. The van der Waals surface area contributed by atoms with Gasteiger partial charge in [0.25, 0.3) is 0 Å². The predicted molar refractivity (Wildman–Crippen MR) is 42.2 cm³/mol. The van der Waals surface area contributed by atoms with E-state index >= 15 is 0 Å². The molecule has 0 aliphatic heterocycles. The fourth-order valence-electron chi connectivity index (χ4n) is 0.489. The van der Waals surface area contributed by atoms with E-state index in [-0.39, 0.29) is 11.7 Å². The molecule has 0 fully saturated rings. The number of nitrogens with one attached hydrogen (secondary N) is 1. The maximum absolute atomic E-state index is 10.5. The lowest BCUT2D eigenvalue weighted by Gasteiger charge is -1.88. The number of aromatic amines is 1. The maximum atomic E-state index is 10.5. The lowest BCUT2D eigenvalue weighted by atomic mass is 10.5. The number of nitrogen functional groups attached to an aromatic ring is 1. The average molecular weight is 172 g/mol. The normalized spacial score (nSPS) is 9.91. The van der Waals surface area contributed by atoms with Crippen LogP contribution >= 0.6 is 11.8 Å². The maximum Gasteiger partial charge on any atom is 0.216 e. The molecular formula is C5H8N4OS. The van der Waals surface area contributed by atoms with Gasteiger partial charge in [-0.3, -0.25) is 4.79 Å². The van der Waals surface area contributed by atoms with Gasteiger partial charge in [0.05, 0.1) is 5.75 Å². The molecule has 0 aliphatic carbocycles. The Bertz CT molecular complexity index is 259. The summed E-state index contributed by atoms with van der Waals surface area (Å²) in [6.45, 7) is 1.52. The van der Waals surface area contributed by atoms with E-state index in [0.29, 0.717) is 10.9 Å². The molecule has 1 rings (SSSR count). The number of nitrogens with zero attached hydrogens (tertiary/aromatic N) is 2. The van der Waals surface area contributed by atoms with Crippen LogP contribution in [-0.2, 0) is 4.79 Å². The summed E-state index contributed by atoms with van der Waals surface area (Å²) in [5.41, 5.74) is 5.26. The Balaban J connectivity index is 2.45. The Kier molecular flexibility index (Phi) is 2.48. The Morgan fingerprint density at radius 2 is 2.55 bits per heavy atom. The van der Waals surface area contributed by atoms with Crippen LogP contribution in [0.15, 0.2) is 5.16 Å². The van der Waals surface area contributed by atoms with Gasteiger partial charge in [-0.25, -0.2) is 5.10 Å². The number of carbonyl (C=O) groups excluding carboxylic acids is 1. The quantitative estimate of drug-likeness (QED) is 0.630. The topological polar surface area (TPSA) is 84.7 Å². The number of Topliss-reactive ketones (excluding diaryl/α,β-unsaturated/α-hetero) is 1. The molecule has 1 aromatic heterocycles. The van der Waals surface area contributed by atoms with E-state index in [1.807, 2.05) is 0 Å². The predicted octanol–water partition coefficient (Wildman–Crippen LogP) is 0.0680. The van der Waals surface area contributed by atoms with E-state index in [1.54, 1.807) is 0 Å². The largest absolute Gasteiger partial charge is 0.368 e. The minimum Gasteiger partial charge on any atom is -0.368 e. The molecule has 0 bridgehead atoms. The fourth-order valence-corrected chi connectivity index (χ4v) is 1.09. The van der Waals surface area contributed by atoms with Crippen LogP contribution in [0.1, 0.15) is 6.92 Å². The molecule has 0 radical (unpaired) electrons. The van der Waals surface area contributed by atoms with Gasteiger partial charge < -0.3 is 5.73 Å². The zero-order valence-corrected chi connectivity index (χ0v) is 6.81. The second-order valence-corrected chi connectivity index (χ2v) is 2.94. The summed E-state index contributed by atoms with van der Waals surface area (Å²) in [6, 6.07) is 0. The van der Waals surface area contributed by atoms with Crippen molar-refractivity contribution in [1.29, 1.82) is 0 Å². The van der Waals surface area contributed by atoms with E-state index < -0.39 is 0 Å². The van der Waals surface area contributed by atoms with Crippen molar-refractivity contribution >= 4 is 23.5 Å². The van der Waals surface area contributed by atoms with E-state index in [0.717, 1.165) is 0 Å². The van der Waals surface area contributed by atoms with Gasteiger partial charge in [-0.1, -0.05) is 11.8 Å². The van der Waals surface area contributed by atoms with Crippen LogP contribution in [0.2, 0.25) is 0 Å².